The van der Waals surface area contributed by atoms with Gasteiger partial charge in [0.1, 0.15) is 5.02 Å². The summed E-state index contributed by atoms with van der Waals surface area (Å²) in [6.07, 6.45) is 3.18. The van der Waals surface area contributed by atoms with E-state index in [4.69, 9.17) is 17.3 Å². The summed E-state index contributed by atoms with van der Waals surface area (Å²) >= 11 is 5.74. The molecule has 2 N–H and O–H groups in total. The molecule has 68 valence electrons. The molecule has 0 aromatic carbocycles. The Hall–Kier alpha value is -1.56. The zero-order valence-corrected chi connectivity index (χ0v) is 7.60. The van der Waals surface area contributed by atoms with Crippen molar-refractivity contribution in [2.75, 3.05) is 5.73 Å². The van der Waals surface area contributed by atoms with Gasteiger partial charge in [0.05, 0.1) is 12.4 Å². The van der Waals surface area contributed by atoms with Crippen LogP contribution in [0.4, 0.5) is 5.82 Å². The van der Waals surface area contributed by atoms with Crippen LogP contribution in [0.1, 0.15) is 0 Å². The molecule has 0 spiro atoms. The lowest BCUT2D eigenvalue weighted by atomic mass is 10.6. The Morgan fingerprint density at radius 1 is 1.54 bits per heavy atom. The van der Waals surface area contributed by atoms with Gasteiger partial charge in [-0.15, -0.1) is 10.2 Å². The van der Waals surface area contributed by atoms with E-state index in [1.807, 2.05) is 0 Å². The number of hydrogen-bond donors (Lipinski definition) is 1. The lowest BCUT2D eigenvalue weighted by Gasteiger charge is -1.97. The van der Waals surface area contributed by atoms with Crippen molar-refractivity contribution in [2.24, 2.45) is 7.05 Å². The van der Waals surface area contributed by atoms with Crippen LogP contribution in [-0.2, 0) is 7.05 Å². The Kier molecular flexibility index (Phi) is 1.70. The number of aryl methyl sites for hydroxylation is 1. The first-order valence-corrected chi connectivity index (χ1v) is 3.92. The quantitative estimate of drug-likeness (QED) is 0.712. The van der Waals surface area contributed by atoms with Crippen LogP contribution in [0.3, 0.4) is 0 Å². The van der Waals surface area contributed by atoms with E-state index >= 15 is 0 Å². The van der Waals surface area contributed by atoms with Crippen molar-refractivity contribution in [3.05, 3.63) is 17.4 Å². The highest BCUT2D eigenvalue weighted by Crippen LogP contribution is 2.17. The summed E-state index contributed by atoms with van der Waals surface area (Å²) in [6, 6.07) is 0. The van der Waals surface area contributed by atoms with Gasteiger partial charge >= 0.3 is 0 Å². The van der Waals surface area contributed by atoms with Gasteiger partial charge in [-0.2, -0.15) is 0 Å². The van der Waals surface area contributed by atoms with Gasteiger partial charge in [0.2, 0.25) is 0 Å². The van der Waals surface area contributed by atoms with Gasteiger partial charge in [-0.1, -0.05) is 16.8 Å². The van der Waals surface area contributed by atoms with Crippen LogP contribution in [-0.4, -0.2) is 24.8 Å². The van der Waals surface area contributed by atoms with Crippen LogP contribution in [0, 0.1) is 0 Å². The Morgan fingerprint density at radius 3 is 2.77 bits per heavy atom. The van der Waals surface area contributed by atoms with E-state index in [1.54, 1.807) is 24.1 Å². The van der Waals surface area contributed by atoms with Crippen LogP contribution >= 0.6 is 11.6 Å². The largest absolute Gasteiger partial charge is 0.381 e. The lowest BCUT2D eigenvalue weighted by Crippen LogP contribution is -2.03. The molecule has 0 saturated heterocycles. The Labute approximate surface area is 78.9 Å². The van der Waals surface area contributed by atoms with Crippen molar-refractivity contribution in [3.63, 3.8) is 0 Å². The maximum atomic E-state index is 5.74. The normalized spacial score (nSPS) is 10.6. The molecule has 0 radical (unpaired) electrons. The van der Waals surface area contributed by atoms with Crippen LogP contribution in [0.15, 0.2) is 12.4 Å². The first-order valence-electron chi connectivity index (χ1n) is 3.54. The van der Waals surface area contributed by atoms with Crippen molar-refractivity contribution >= 4 is 17.4 Å². The SMILES string of the molecule is Cn1nncc1-n1cc(Cl)c(N)n1. The van der Waals surface area contributed by atoms with Gasteiger partial charge in [-0.25, -0.2) is 9.36 Å². The fourth-order valence-corrected chi connectivity index (χ4v) is 1.11. The Balaban J connectivity index is 2.53. The molecular formula is C6H7ClN6. The number of anilines is 1. The average molecular weight is 199 g/mol. The molecule has 0 aliphatic rings. The maximum Gasteiger partial charge on any atom is 0.171 e. The first kappa shape index (κ1) is 8.06. The highest BCUT2D eigenvalue weighted by atomic mass is 35.5. The fourth-order valence-electron chi connectivity index (χ4n) is 0.975. The Bertz CT molecular complexity index is 411. The number of rotatable bonds is 1. The third-order valence-electron chi connectivity index (χ3n) is 1.62. The minimum absolute atomic E-state index is 0.294. The monoisotopic (exact) mass is 198 g/mol. The standard InChI is InChI=1S/C6H7ClN6/c1-12-5(2-9-11-12)13-3-4(7)6(8)10-13/h2-3H,1H3,(H2,8,10). The van der Waals surface area contributed by atoms with Crippen LogP contribution in [0.2, 0.25) is 5.02 Å². The van der Waals surface area contributed by atoms with Crippen molar-refractivity contribution in [3.8, 4) is 5.82 Å². The smallest absolute Gasteiger partial charge is 0.171 e. The number of nitrogens with zero attached hydrogens (tertiary/aromatic N) is 5. The summed E-state index contributed by atoms with van der Waals surface area (Å²) in [5, 5.41) is 11.9. The minimum Gasteiger partial charge on any atom is -0.381 e. The van der Waals surface area contributed by atoms with E-state index in [0.29, 0.717) is 16.7 Å². The summed E-state index contributed by atoms with van der Waals surface area (Å²) in [5.74, 6) is 1.00. The molecule has 0 atom stereocenters. The summed E-state index contributed by atoms with van der Waals surface area (Å²) in [6.45, 7) is 0. The zero-order valence-electron chi connectivity index (χ0n) is 6.85. The molecule has 0 fully saturated rings. The van der Waals surface area contributed by atoms with Gasteiger partial charge in [0.25, 0.3) is 0 Å². The van der Waals surface area contributed by atoms with Gasteiger partial charge in [-0.3, -0.25) is 0 Å². The van der Waals surface area contributed by atoms with E-state index in [2.05, 4.69) is 15.4 Å². The second kappa shape index (κ2) is 2.74. The predicted octanol–water partition coefficient (Wildman–Crippen LogP) is 0.236. The predicted molar refractivity (Wildman–Crippen MR) is 47.5 cm³/mol. The third kappa shape index (κ3) is 1.25. The molecule has 13 heavy (non-hydrogen) atoms. The van der Waals surface area contributed by atoms with Crippen molar-refractivity contribution in [1.29, 1.82) is 0 Å². The second-order valence-electron chi connectivity index (χ2n) is 2.52. The van der Waals surface area contributed by atoms with Gasteiger partial charge in [0, 0.05) is 7.05 Å². The van der Waals surface area contributed by atoms with Crippen molar-refractivity contribution in [1.82, 2.24) is 24.8 Å². The molecule has 7 heteroatoms. The summed E-state index contributed by atoms with van der Waals surface area (Å²) in [7, 11) is 1.76. The van der Waals surface area contributed by atoms with Crippen molar-refractivity contribution in [2.45, 2.75) is 0 Å². The van der Waals surface area contributed by atoms with E-state index in [1.165, 1.54) is 4.68 Å². The molecule has 2 heterocycles. The van der Waals surface area contributed by atoms with Gasteiger partial charge in [0.15, 0.2) is 11.6 Å². The summed E-state index contributed by atoms with van der Waals surface area (Å²) in [4.78, 5) is 0. The molecular weight excluding hydrogens is 192 g/mol. The molecule has 0 saturated carbocycles. The van der Waals surface area contributed by atoms with Crippen LogP contribution in [0.25, 0.3) is 5.82 Å². The molecule has 2 rings (SSSR count). The number of nitrogens with two attached hydrogens (primary N) is 1. The zero-order chi connectivity index (χ0) is 9.42. The van der Waals surface area contributed by atoms with Crippen molar-refractivity contribution < 1.29 is 0 Å². The molecule has 6 nitrogen and oxygen atoms in total. The number of nitrogen functional groups attached to an aromatic ring is 1. The summed E-state index contributed by atoms with van der Waals surface area (Å²) < 4.78 is 3.10. The van der Waals surface area contributed by atoms with E-state index < -0.39 is 0 Å². The third-order valence-corrected chi connectivity index (χ3v) is 1.91. The topological polar surface area (TPSA) is 74.5 Å². The molecule has 0 amide bonds. The van der Waals surface area contributed by atoms with E-state index in [0.717, 1.165) is 0 Å². The molecule has 0 bridgehead atoms. The van der Waals surface area contributed by atoms with E-state index in [-0.39, 0.29) is 0 Å². The first-order chi connectivity index (χ1) is 6.18. The average Bonchev–Trinajstić information content (AvgIpc) is 2.60. The molecule has 0 aliphatic heterocycles. The highest BCUT2D eigenvalue weighted by Gasteiger charge is 2.07. The van der Waals surface area contributed by atoms with Crippen LogP contribution < -0.4 is 5.73 Å². The lowest BCUT2D eigenvalue weighted by molar-refractivity contribution is 0.673. The van der Waals surface area contributed by atoms with Gasteiger partial charge in [-0.05, 0) is 0 Å². The second-order valence-corrected chi connectivity index (χ2v) is 2.93. The minimum atomic E-state index is 0.294. The summed E-state index contributed by atoms with van der Waals surface area (Å²) in [5.41, 5.74) is 5.48. The number of halogens is 1. The van der Waals surface area contributed by atoms with Crippen LogP contribution in [0.5, 0.6) is 0 Å². The van der Waals surface area contributed by atoms with Gasteiger partial charge < -0.3 is 5.73 Å². The highest BCUT2D eigenvalue weighted by molar-refractivity contribution is 6.32. The maximum absolute atomic E-state index is 5.74. The van der Waals surface area contributed by atoms with E-state index in [9.17, 15) is 0 Å². The number of hydrogen-bond acceptors (Lipinski definition) is 4. The molecule has 2 aromatic heterocycles. The molecule has 0 aliphatic carbocycles. The Morgan fingerprint density at radius 2 is 2.31 bits per heavy atom. The molecule has 2 aromatic rings. The number of aromatic nitrogens is 5. The molecule has 0 unspecified atom stereocenters. The fraction of sp³-hybridized carbons (Fsp3) is 0.167.